The zero-order valence-electron chi connectivity index (χ0n) is 15.9. The average molecular weight is 339 g/mol. The van der Waals surface area contributed by atoms with Crippen molar-refractivity contribution < 1.29 is 4.74 Å². The van der Waals surface area contributed by atoms with Crippen molar-refractivity contribution in [2.45, 2.75) is 89.9 Å². The largest absolute Gasteiger partial charge is 0.466 e. The highest BCUT2D eigenvalue weighted by molar-refractivity contribution is 5.30. The van der Waals surface area contributed by atoms with Crippen LogP contribution in [-0.2, 0) is 4.74 Å². The van der Waals surface area contributed by atoms with Gasteiger partial charge in [0, 0.05) is 11.8 Å². The average Bonchev–Trinajstić information content (AvgIpc) is 2.67. The normalized spacial score (nSPS) is 29.8. The van der Waals surface area contributed by atoms with Crippen molar-refractivity contribution in [2.24, 2.45) is 11.8 Å². The van der Waals surface area contributed by atoms with E-state index >= 15 is 0 Å². The third-order valence-electron chi connectivity index (χ3n) is 7.08. The van der Waals surface area contributed by atoms with Crippen molar-refractivity contribution in [1.29, 1.82) is 0 Å². The van der Waals surface area contributed by atoms with E-state index in [-0.39, 0.29) is 0 Å². The van der Waals surface area contributed by atoms with Gasteiger partial charge in [-0.3, -0.25) is 0 Å². The Morgan fingerprint density at radius 1 is 0.600 bits per heavy atom. The molecule has 0 heterocycles. The Morgan fingerprint density at radius 3 is 1.48 bits per heavy atom. The van der Waals surface area contributed by atoms with Gasteiger partial charge in [0.05, 0.1) is 0 Å². The van der Waals surface area contributed by atoms with E-state index in [1.807, 2.05) is 0 Å². The van der Waals surface area contributed by atoms with Gasteiger partial charge in [0.2, 0.25) is 0 Å². The molecule has 0 spiro atoms. The molecule has 0 bridgehead atoms. The second-order valence-corrected chi connectivity index (χ2v) is 8.60. The first-order chi connectivity index (χ1) is 12.2. The number of rotatable bonds is 4. The van der Waals surface area contributed by atoms with Gasteiger partial charge in [0.15, 0.2) is 0 Å². The van der Waals surface area contributed by atoms with Gasteiger partial charge in [-0.1, -0.05) is 35.5 Å². The summed E-state index contributed by atoms with van der Waals surface area (Å²) < 4.78 is 6.37. The molecule has 0 saturated heterocycles. The molecule has 0 amide bonds. The molecule has 0 aromatic rings. The van der Waals surface area contributed by atoms with Crippen molar-refractivity contribution in [3.8, 4) is 0 Å². The van der Waals surface area contributed by atoms with Crippen LogP contribution < -0.4 is 0 Å². The van der Waals surface area contributed by atoms with E-state index in [0.717, 1.165) is 11.5 Å². The molecule has 4 aliphatic rings. The third kappa shape index (κ3) is 3.52. The molecule has 0 aromatic heterocycles. The van der Waals surface area contributed by atoms with Crippen LogP contribution in [0, 0.1) is 11.8 Å². The van der Waals surface area contributed by atoms with Crippen molar-refractivity contribution in [3.63, 3.8) is 0 Å². The minimum absolute atomic E-state index is 0.462. The van der Waals surface area contributed by atoms with Gasteiger partial charge in [0.25, 0.3) is 0 Å². The molecular weight excluding hydrogens is 304 g/mol. The van der Waals surface area contributed by atoms with E-state index in [2.05, 4.69) is 13.2 Å². The lowest BCUT2D eigenvalue weighted by Crippen LogP contribution is -2.21. The molecule has 2 atom stereocenters. The Kier molecular flexibility index (Phi) is 5.20. The van der Waals surface area contributed by atoms with Crippen molar-refractivity contribution in [3.05, 3.63) is 47.0 Å². The molecule has 0 aromatic carbocycles. The molecule has 1 heteroatoms. The van der Waals surface area contributed by atoms with Crippen LogP contribution in [0.25, 0.3) is 0 Å². The third-order valence-corrected chi connectivity index (χ3v) is 7.08. The highest BCUT2D eigenvalue weighted by atomic mass is 16.5. The molecule has 0 saturated carbocycles. The standard InChI is InChI=1S/C24H34O/c1-17(21-15-7-11-19-9-3-5-13-23(19)21)25-18(2)22-16-8-12-20-10-4-6-14-24(20)22/h21-22H,1-16H2/t21-,22+. The molecule has 25 heavy (non-hydrogen) atoms. The molecule has 0 N–H and O–H groups in total. The monoisotopic (exact) mass is 338 g/mol. The Hall–Kier alpha value is -1.24. The van der Waals surface area contributed by atoms with E-state index in [1.165, 1.54) is 89.9 Å². The van der Waals surface area contributed by atoms with Crippen molar-refractivity contribution in [1.82, 2.24) is 0 Å². The Balaban J connectivity index is 1.46. The summed E-state index contributed by atoms with van der Waals surface area (Å²) in [6.45, 7) is 8.75. The highest BCUT2D eigenvalue weighted by Crippen LogP contribution is 2.45. The quantitative estimate of drug-likeness (QED) is 0.384. The topological polar surface area (TPSA) is 9.23 Å². The summed E-state index contributed by atoms with van der Waals surface area (Å²) in [6.07, 6.45) is 18.3. The van der Waals surface area contributed by atoms with Crippen molar-refractivity contribution in [2.75, 3.05) is 0 Å². The Bertz CT molecular complexity index is 556. The summed E-state index contributed by atoms with van der Waals surface area (Å²) in [6, 6.07) is 0. The second kappa shape index (κ2) is 7.56. The molecular formula is C24H34O. The van der Waals surface area contributed by atoms with Gasteiger partial charge in [-0.25, -0.2) is 0 Å². The molecule has 0 radical (unpaired) electrons. The van der Waals surface area contributed by atoms with Gasteiger partial charge in [-0.05, 0) is 89.9 Å². The van der Waals surface area contributed by atoms with E-state index in [1.54, 1.807) is 22.3 Å². The van der Waals surface area contributed by atoms with Crippen LogP contribution in [-0.4, -0.2) is 0 Å². The molecule has 4 aliphatic carbocycles. The Morgan fingerprint density at radius 2 is 1.00 bits per heavy atom. The lowest BCUT2D eigenvalue weighted by molar-refractivity contribution is 0.216. The first-order valence-corrected chi connectivity index (χ1v) is 10.7. The summed E-state index contributed by atoms with van der Waals surface area (Å²) >= 11 is 0. The van der Waals surface area contributed by atoms with Crippen LogP contribution in [0.5, 0.6) is 0 Å². The number of hydrogen-bond acceptors (Lipinski definition) is 1. The summed E-state index contributed by atoms with van der Waals surface area (Å²) in [7, 11) is 0. The van der Waals surface area contributed by atoms with Crippen LogP contribution in [0.1, 0.15) is 89.9 Å². The maximum Gasteiger partial charge on any atom is 0.104 e. The van der Waals surface area contributed by atoms with Gasteiger partial charge in [-0.15, -0.1) is 0 Å². The van der Waals surface area contributed by atoms with Gasteiger partial charge in [-0.2, -0.15) is 0 Å². The predicted octanol–water partition coefficient (Wildman–Crippen LogP) is 7.37. The van der Waals surface area contributed by atoms with Crippen molar-refractivity contribution >= 4 is 0 Å². The van der Waals surface area contributed by atoms with E-state index in [9.17, 15) is 0 Å². The lowest BCUT2D eigenvalue weighted by Gasteiger charge is -2.36. The van der Waals surface area contributed by atoms with Crippen LogP contribution in [0.4, 0.5) is 0 Å². The smallest absolute Gasteiger partial charge is 0.104 e. The number of ether oxygens (including phenoxy) is 1. The minimum Gasteiger partial charge on any atom is -0.466 e. The van der Waals surface area contributed by atoms with Crippen LogP contribution >= 0.6 is 0 Å². The first-order valence-electron chi connectivity index (χ1n) is 10.7. The molecule has 4 rings (SSSR count). The lowest BCUT2D eigenvalue weighted by atomic mass is 9.74. The van der Waals surface area contributed by atoms with Gasteiger partial charge < -0.3 is 4.74 Å². The summed E-state index contributed by atoms with van der Waals surface area (Å²) in [5.74, 6) is 2.90. The van der Waals surface area contributed by atoms with Gasteiger partial charge >= 0.3 is 0 Å². The zero-order valence-corrected chi connectivity index (χ0v) is 15.9. The fourth-order valence-electron chi connectivity index (χ4n) is 5.80. The number of allylic oxidation sites excluding steroid dienone is 4. The maximum atomic E-state index is 6.37. The van der Waals surface area contributed by atoms with E-state index in [0.29, 0.717) is 11.8 Å². The van der Waals surface area contributed by atoms with E-state index < -0.39 is 0 Å². The second-order valence-electron chi connectivity index (χ2n) is 8.60. The van der Waals surface area contributed by atoms with Crippen LogP contribution in [0.15, 0.2) is 47.0 Å². The fraction of sp³-hybridized carbons (Fsp3) is 0.667. The SMILES string of the molecule is C=C(OC(=C)[C@@H]1CCCC2=C1CCCC2)[C@H]1CCCC2=C1CCCC2. The number of hydrogen-bond donors (Lipinski definition) is 0. The Labute approximate surface area is 153 Å². The van der Waals surface area contributed by atoms with E-state index in [4.69, 9.17) is 4.74 Å². The maximum absolute atomic E-state index is 6.37. The summed E-state index contributed by atoms with van der Waals surface area (Å²) in [5.41, 5.74) is 6.81. The van der Waals surface area contributed by atoms with Crippen LogP contribution in [0.3, 0.4) is 0 Å². The molecule has 0 aliphatic heterocycles. The molecule has 1 nitrogen and oxygen atoms in total. The summed E-state index contributed by atoms with van der Waals surface area (Å²) in [4.78, 5) is 0. The fourth-order valence-corrected chi connectivity index (χ4v) is 5.80. The predicted molar refractivity (Wildman–Crippen MR) is 105 cm³/mol. The molecule has 0 fully saturated rings. The van der Waals surface area contributed by atoms with Crippen LogP contribution in [0.2, 0.25) is 0 Å². The molecule has 136 valence electrons. The molecule has 0 unspecified atom stereocenters. The summed E-state index contributed by atoms with van der Waals surface area (Å²) in [5, 5.41) is 0. The highest BCUT2D eigenvalue weighted by Gasteiger charge is 2.31. The minimum atomic E-state index is 0.462. The zero-order chi connectivity index (χ0) is 17.2. The first kappa shape index (κ1) is 17.2. The van der Waals surface area contributed by atoms with Gasteiger partial charge in [0.1, 0.15) is 11.5 Å².